The molecule has 2 rings (SSSR count). The van der Waals surface area contributed by atoms with E-state index < -0.39 is 9.84 Å². The van der Waals surface area contributed by atoms with Crippen molar-refractivity contribution in [1.29, 1.82) is 0 Å². The lowest BCUT2D eigenvalue weighted by Gasteiger charge is -2.05. The van der Waals surface area contributed by atoms with Crippen molar-refractivity contribution in [3.8, 4) is 0 Å². The molecule has 0 saturated heterocycles. The predicted molar refractivity (Wildman–Crippen MR) is 71.1 cm³/mol. The first-order chi connectivity index (χ1) is 7.90. The van der Waals surface area contributed by atoms with Crippen LogP contribution in [0, 0.1) is 0 Å². The van der Waals surface area contributed by atoms with Gasteiger partial charge < -0.3 is 4.98 Å². The van der Waals surface area contributed by atoms with Crippen LogP contribution in [0.5, 0.6) is 0 Å². The van der Waals surface area contributed by atoms with Gasteiger partial charge in [-0.2, -0.15) is 0 Å². The summed E-state index contributed by atoms with van der Waals surface area (Å²) in [6.07, 6.45) is 0. The van der Waals surface area contributed by atoms with Gasteiger partial charge in [0.2, 0.25) is 0 Å². The van der Waals surface area contributed by atoms with Gasteiger partial charge in [0.05, 0.1) is 21.5 Å². The van der Waals surface area contributed by atoms with Crippen molar-refractivity contribution in [3.05, 3.63) is 35.0 Å². The SMILES string of the molecule is CC(C)S(=O)(=O)Cc1cc2cccc(Cl)c2[nH]1. The topological polar surface area (TPSA) is 49.9 Å². The Morgan fingerprint density at radius 1 is 1.35 bits per heavy atom. The summed E-state index contributed by atoms with van der Waals surface area (Å²) in [6.45, 7) is 3.37. The van der Waals surface area contributed by atoms with Crippen LogP contribution in [-0.4, -0.2) is 18.7 Å². The summed E-state index contributed by atoms with van der Waals surface area (Å²) in [5, 5.41) is 1.17. The Hall–Kier alpha value is -1.00. The van der Waals surface area contributed by atoms with E-state index in [0.29, 0.717) is 10.7 Å². The van der Waals surface area contributed by atoms with Gasteiger partial charge in [0.1, 0.15) is 0 Å². The highest BCUT2D eigenvalue weighted by Crippen LogP contribution is 2.24. The average molecular weight is 272 g/mol. The van der Waals surface area contributed by atoms with E-state index in [9.17, 15) is 8.42 Å². The summed E-state index contributed by atoms with van der Waals surface area (Å²) in [5.74, 6) is 0.0235. The number of hydrogen-bond acceptors (Lipinski definition) is 2. The third-order valence-electron chi connectivity index (χ3n) is 2.74. The number of nitrogens with one attached hydrogen (secondary N) is 1. The number of fused-ring (bicyclic) bond motifs is 1. The van der Waals surface area contributed by atoms with Gasteiger partial charge in [-0.05, 0) is 26.0 Å². The van der Waals surface area contributed by atoms with E-state index >= 15 is 0 Å². The van der Waals surface area contributed by atoms with Crippen LogP contribution >= 0.6 is 11.6 Å². The molecule has 0 aliphatic rings. The molecule has 3 nitrogen and oxygen atoms in total. The molecule has 0 saturated carbocycles. The molecule has 0 bridgehead atoms. The normalized spacial score (nSPS) is 12.5. The van der Waals surface area contributed by atoms with Gasteiger partial charge in [-0.15, -0.1) is 0 Å². The van der Waals surface area contributed by atoms with E-state index in [4.69, 9.17) is 11.6 Å². The molecule has 92 valence electrons. The summed E-state index contributed by atoms with van der Waals surface area (Å²) in [6, 6.07) is 7.37. The van der Waals surface area contributed by atoms with Crippen molar-refractivity contribution < 1.29 is 8.42 Å². The molecular formula is C12H14ClNO2S. The van der Waals surface area contributed by atoms with Crippen LogP contribution in [-0.2, 0) is 15.6 Å². The second-order valence-corrected chi connectivity index (χ2v) is 7.32. The summed E-state index contributed by atoms with van der Waals surface area (Å²) in [7, 11) is -3.09. The fraction of sp³-hybridized carbons (Fsp3) is 0.333. The van der Waals surface area contributed by atoms with Crippen molar-refractivity contribution in [2.75, 3.05) is 0 Å². The minimum atomic E-state index is -3.09. The van der Waals surface area contributed by atoms with E-state index in [2.05, 4.69) is 4.98 Å². The van der Waals surface area contributed by atoms with Gasteiger partial charge >= 0.3 is 0 Å². The van der Waals surface area contributed by atoms with E-state index in [0.717, 1.165) is 10.9 Å². The van der Waals surface area contributed by atoms with Gasteiger partial charge in [0.25, 0.3) is 0 Å². The van der Waals surface area contributed by atoms with Crippen LogP contribution in [0.1, 0.15) is 19.5 Å². The van der Waals surface area contributed by atoms with Crippen LogP contribution in [0.2, 0.25) is 5.02 Å². The molecule has 0 spiro atoms. The lowest BCUT2D eigenvalue weighted by molar-refractivity contribution is 0.586. The maximum absolute atomic E-state index is 11.8. The molecule has 0 atom stereocenters. The van der Waals surface area contributed by atoms with Crippen LogP contribution < -0.4 is 0 Å². The number of aromatic amines is 1. The van der Waals surface area contributed by atoms with Gasteiger partial charge in [-0.1, -0.05) is 23.7 Å². The molecule has 0 amide bonds. The highest BCUT2D eigenvalue weighted by Gasteiger charge is 2.18. The highest BCUT2D eigenvalue weighted by molar-refractivity contribution is 7.91. The number of benzene rings is 1. The van der Waals surface area contributed by atoms with E-state index in [-0.39, 0.29) is 11.0 Å². The summed E-state index contributed by atoms with van der Waals surface area (Å²) in [4.78, 5) is 3.06. The summed E-state index contributed by atoms with van der Waals surface area (Å²) < 4.78 is 23.6. The zero-order valence-corrected chi connectivity index (χ0v) is 11.3. The maximum Gasteiger partial charge on any atom is 0.158 e. The third kappa shape index (κ3) is 2.48. The van der Waals surface area contributed by atoms with Crippen molar-refractivity contribution >= 4 is 32.3 Å². The quantitative estimate of drug-likeness (QED) is 0.932. The Morgan fingerprint density at radius 3 is 2.65 bits per heavy atom. The Balaban J connectivity index is 2.42. The van der Waals surface area contributed by atoms with Crippen molar-refractivity contribution in [2.45, 2.75) is 24.9 Å². The number of rotatable bonds is 3. The molecule has 0 fully saturated rings. The Labute approximate surface area is 106 Å². The number of para-hydroxylation sites is 1. The van der Waals surface area contributed by atoms with Crippen molar-refractivity contribution in [2.24, 2.45) is 0 Å². The van der Waals surface area contributed by atoms with E-state index in [1.165, 1.54) is 0 Å². The number of halogens is 1. The molecule has 17 heavy (non-hydrogen) atoms. The second-order valence-electron chi connectivity index (χ2n) is 4.35. The Morgan fingerprint density at radius 2 is 2.06 bits per heavy atom. The van der Waals surface area contributed by atoms with Crippen molar-refractivity contribution in [1.82, 2.24) is 4.98 Å². The standard InChI is InChI=1S/C12H14ClNO2S/c1-8(2)17(15,16)7-10-6-9-4-3-5-11(13)12(9)14-10/h3-6,8,14H,7H2,1-2H3. The van der Waals surface area contributed by atoms with Crippen molar-refractivity contribution in [3.63, 3.8) is 0 Å². The van der Waals surface area contributed by atoms with E-state index in [1.54, 1.807) is 19.9 Å². The smallest absolute Gasteiger partial charge is 0.158 e. The van der Waals surface area contributed by atoms with Gasteiger partial charge in [0.15, 0.2) is 9.84 Å². The van der Waals surface area contributed by atoms with E-state index in [1.807, 2.05) is 18.2 Å². The molecule has 2 aromatic rings. The fourth-order valence-electron chi connectivity index (χ4n) is 1.64. The zero-order valence-electron chi connectivity index (χ0n) is 9.70. The third-order valence-corrected chi connectivity index (χ3v) is 5.20. The fourth-order valence-corrected chi connectivity index (χ4v) is 2.79. The second kappa shape index (κ2) is 4.35. The summed E-state index contributed by atoms with van der Waals surface area (Å²) in [5.41, 5.74) is 1.48. The maximum atomic E-state index is 11.8. The van der Waals surface area contributed by atoms with Gasteiger partial charge in [-0.25, -0.2) is 8.42 Å². The Bertz CT molecular complexity index is 644. The first-order valence-electron chi connectivity index (χ1n) is 5.38. The predicted octanol–water partition coefficient (Wildman–Crippen LogP) is 3.14. The molecule has 0 aliphatic carbocycles. The molecule has 1 aromatic heterocycles. The highest BCUT2D eigenvalue weighted by atomic mass is 35.5. The lowest BCUT2D eigenvalue weighted by Crippen LogP contribution is -2.16. The van der Waals surface area contributed by atoms with Crippen LogP contribution in [0.25, 0.3) is 10.9 Å². The monoisotopic (exact) mass is 271 g/mol. The van der Waals surface area contributed by atoms with Crippen LogP contribution in [0.4, 0.5) is 0 Å². The molecular weight excluding hydrogens is 258 g/mol. The number of hydrogen-bond donors (Lipinski definition) is 1. The van der Waals surface area contributed by atoms with Gasteiger partial charge in [0, 0.05) is 11.1 Å². The first kappa shape index (κ1) is 12.5. The van der Waals surface area contributed by atoms with Crippen LogP contribution in [0.15, 0.2) is 24.3 Å². The number of aromatic nitrogens is 1. The molecule has 1 aromatic carbocycles. The minimum absolute atomic E-state index is 0.0235. The molecule has 1 heterocycles. The average Bonchev–Trinajstić information content (AvgIpc) is 2.60. The largest absolute Gasteiger partial charge is 0.356 e. The molecule has 0 unspecified atom stereocenters. The zero-order chi connectivity index (χ0) is 12.6. The summed E-state index contributed by atoms with van der Waals surface area (Å²) >= 11 is 6.02. The number of H-pyrrole nitrogens is 1. The minimum Gasteiger partial charge on any atom is -0.356 e. The molecule has 0 radical (unpaired) electrons. The molecule has 0 aliphatic heterocycles. The van der Waals surface area contributed by atoms with Gasteiger partial charge in [-0.3, -0.25) is 0 Å². The number of sulfone groups is 1. The Kier molecular flexibility index (Phi) is 3.19. The van der Waals surface area contributed by atoms with Crippen LogP contribution in [0.3, 0.4) is 0 Å². The lowest BCUT2D eigenvalue weighted by atomic mass is 10.2. The first-order valence-corrected chi connectivity index (χ1v) is 7.47. The molecule has 1 N–H and O–H groups in total. The molecule has 5 heteroatoms.